The predicted molar refractivity (Wildman–Crippen MR) is 74.0 cm³/mol. The third-order valence-corrected chi connectivity index (χ3v) is 4.45. The van der Waals surface area contributed by atoms with Crippen molar-refractivity contribution in [3.63, 3.8) is 0 Å². The van der Waals surface area contributed by atoms with Gasteiger partial charge in [0.1, 0.15) is 0 Å². The molecular weight excluding hydrogens is 254 g/mol. The summed E-state index contributed by atoms with van der Waals surface area (Å²) < 4.78 is 0. The van der Waals surface area contributed by atoms with E-state index in [1.807, 2.05) is 19.2 Å². The molecule has 0 spiro atoms. The first-order valence-electron chi connectivity index (χ1n) is 5.12. The van der Waals surface area contributed by atoms with Crippen molar-refractivity contribution in [1.29, 1.82) is 0 Å². The zero-order valence-electron chi connectivity index (χ0n) is 9.60. The van der Waals surface area contributed by atoms with E-state index in [0.717, 1.165) is 22.9 Å². The van der Waals surface area contributed by atoms with E-state index < -0.39 is 5.91 Å². The van der Waals surface area contributed by atoms with Gasteiger partial charge < -0.3 is 5.73 Å². The second-order valence-corrected chi connectivity index (χ2v) is 5.81. The fourth-order valence-electron chi connectivity index (χ4n) is 1.06. The molecule has 17 heavy (non-hydrogen) atoms. The van der Waals surface area contributed by atoms with E-state index >= 15 is 0 Å². The van der Waals surface area contributed by atoms with Gasteiger partial charge in [0, 0.05) is 16.2 Å². The van der Waals surface area contributed by atoms with Crippen molar-refractivity contribution in [3.8, 4) is 0 Å². The van der Waals surface area contributed by atoms with Crippen LogP contribution >= 0.6 is 21.6 Å². The Hall–Kier alpha value is -1.14. The summed E-state index contributed by atoms with van der Waals surface area (Å²) in [6.07, 6.45) is 0.841. The van der Waals surface area contributed by atoms with Crippen LogP contribution in [0.3, 0.4) is 0 Å². The van der Waals surface area contributed by atoms with E-state index in [9.17, 15) is 4.79 Å². The lowest BCUT2D eigenvalue weighted by Crippen LogP contribution is -2.70. The summed E-state index contributed by atoms with van der Waals surface area (Å²) in [5, 5.41) is 0. The summed E-state index contributed by atoms with van der Waals surface area (Å²) in [7, 11) is 5.20. The summed E-state index contributed by atoms with van der Waals surface area (Å²) in [6.45, 7) is 0. The molecule has 5 N–H and O–H groups in total. The molecule has 0 aliphatic carbocycles. The van der Waals surface area contributed by atoms with Crippen LogP contribution in [0.4, 0.5) is 0 Å². The maximum absolute atomic E-state index is 10.9. The molecule has 0 heterocycles. The van der Waals surface area contributed by atoms with E-state index in [-0.39, 0.29) is 0 Å². The number of carbonyl (C=O) groups is 1. The first kappa shape index (κ1) is 13.9. The summed E-state index contributed by atoms with van der Waals surface area (Å²) >= 11 is 0. The van der Waals surface area contributed by atoms with Crippen LogP contribution in [-0.2, 0) is 0 Å². The van der Waals surface area contributed by atoms with Crippen molar-refractivity contribution in [3.05, 3.63) is 29.8 Å². The number of amides is 1. The molecule has 0 saturated carbocycles. The van der Waals surface area contributed by atoms with Crippen molar-refractivity contribution >= 4 is 33.3 Å². The van der Waals surface area contributed by atoms with E-state index in [1.54, 1.807) is 33.7 Å². The Kier molecular flexibility index (Phi) is 5.93. The Morgan fingerprint density at radius 3 is 2.47 bits per heavy atom. The summed E-state index contributed by atoms with van der Waals surface area (Å²) in [5.41, 5.74) is 11.3. The summed E-state index contributed by atoms with van der Waals surface area (Å²) in [4.78, 5) is 14.9. The van der Waals surface area contributed by atoms with Crippen LogP contribution in [0, 0.1) is 0 Å². The van der Waals surface area contributed by atoms with Crippen LogP contribution in [0.2, 0.25) is 0 Å². The number of nitrogens with one attached hydrogen (secondary N) is 1. The molecule has 4 nitrogen and oxygen atoms in total. The number of hydrogen-bond acceptors (Lipinski definition) is 3. The minimum absolute atomic E-state index is 0.398. The smallest absolute Gasteiger partial charge is 0.248 e. The zero-order chi connectivity index (χ0) is 12.7. The highest BCUT2D eigenvalue weighted by molar-refractivity contribution is 8.76. The summed E-state index contributed by atoms with van der Waals surface area (Å²) in [6, 6.07) is 7.25. The molecule has 1 aromatic carbocycles. The zero-order valence-corrected chi connectivity index (χ0v) is 11.2. The van der Waals surface area contributed by atoms with Crippen molar-refractivity contribution in [2.75, 3.05) is 12.8 Å². The molecule has 1 rings (SSSR count). The van der Waals surface area contributed by atoms with E-state index in [1.165, 1.54) is 0 Å². The van der Waals surface area contributed by atoms with Crippen LogP contribution in [0.15, 0.2) is 29.2 Å². The van der Waals surface area contributed by atoms with Crippen LogP contribution < -0.4 is 16.5 Å². The highest BCUT2D eigenvalue weighted by atomic mass is 33.1. The van der Waals surface area contributed by atoms with Crippen molar-refractivity contribution in [2.45, 2.75) is 11.3 Å². The Bertz CT molecular complexity index is 404. The first-order chi connectivity index (χ1) is 8.13. The third-order valence-electron chi connectivity index (χ3n) is 2.07. The van der Waals surface area contributed by atoms with E-state index in [0.29, 0.717) is 5.56 Å². The molecule has 1 aromatic rings. The minimum Gasteiger partial charge on any atom is -0.366 e. The van der Waals surface area contributed by atoms with Gasteiger partial charge in [0.15, 0.2) is 0 Å². The lowest BCUT2D eigenvalue weighted by molar-refractivity contribution is -0.422. The molecule has 0 unspecified atom stereocenters. The molecule has 0 saturated heterocycles. The molecule has 0 aromatic heterocycles. The van der Waals surface area contributed by atoms with Gasteiger partial charge in [0.05, 0.1) is 13.5 Å². The second kappa shape index (κ2) is 7.24. The Morgan fingerprint density at radius 2 is 1.94 bits per heavy atom. The molecule has 1 amide bonds. The second-order valence-electron chi connectivity index (χ2n) is 3.32. The number of benzene rings is 1. The maximum Gasteiger partial charge on any atom is 0.248 e. The van der Waals surface area contributed by atoms with Gasteiger partial charge in [0.25, 0.3) is 0 Å². The van der Waals surface area contributed by atoms with Gasteiger partial charge >= 0.3 is 0 Å². The summed E-state index contributed by atoms with van der Waals surface area (Å²) in [5.74, 6) is 1.34. The molecular formula is C11H16N3OS2+. The third kappa shape index (κ3) is 5.14. The highest BCUT2D eigenvalue weighted by Gasteiger charge is 2.02. The molecule has 0 bridgehead atoms. The van der Waals surface area contributed by atoms with Gasteiger partial charge in [0.2, 0.25) is 11.7 Å². The highest BCUT2D eigenvalue weighted by Crippen LogP contribution is 2.31. The molecule has 0 radical (unpaired) electrons. The Morgan fingerprint density at radius 1 is 1.29 bits per heavy atom. The molecule has 0 fully saturated rings. The SMILES string of the molecule is C[NH+]=C(N)CCSSc1ccc(C(N)=O)cc1. The molecule has 0 aliphatic rings. The molecule has 92 valence electrons. The average molecular weight is 270 g/mol. The van der Waals surface area contributed by atoms with Crippen molar-refractivity contribution < 1.29 is 9.79 Å². The van der Waals surface area contributed by atoms with Crippen molar-refractivity contribution in [2.24, 2.45) is 11.5 Å². The monoisotopic (exact) mass is 270 g/mol. The number of nitrogens with two attached hydrogens (primary N) is 2. The lowest BCUT2D eigenvalue weighted by Gasteiger charge is -2.00. The van der Waals surface area contributed by atoms with Crippen LogP contribution in [0.5, 0.6) is 0 Å². The number of carbonyl (C=O) groups excluding carboxylic acids is 1. The van der Waals surface area contributed by atoms with Crippen LogP contribution in [0.1, 0.15) is 16.8 Å². The van der Waals surface area contributed by atoms with Gasteiger partial charge in [-0.1, -0.05) is 21.6 Å². The van der Waals surface area contributed by atoms with Gasteiger partial charge in [-0.2, -0.15) is 0 Å². The average Bonchev–Trinajstić information content (AvgIpc) is 2.34. The van der Waals surface area contributed by atoms with Gasteiger partial charge in [-0.3, -0.25) is 15.5 Å². The van der Waals surface area contributed by atoms with Crippen LogP contribution in [-0.4, -0.2) is 24.5 Å². The fraction of sp³-hybridized carbons (Fsp3) is 0.273. The van der Waals surface area contributed by atoms with Crippen LogP contribution in [0.25, 0.3) is 0 Å². The standard InChI is InChI=1S/C11H15N3OS2/c1-14-10(12)6-7-16-17-9-4-2-8(3-5-9)11(13)15/h2-5H,6-7H2,1H3,(H2,12,14)(H2,13,15)/p+1. The minimum atomic E-state index is -0.398. The van der Waals surface area contributed by atoms with Gasteiger partial charge in [-0.25, -0.2) is 0 Å². The Balaban J connectivity index is 2.35. The molecule has 0 atom stereocenters. The van der Waals surface area contributed by atoms with E-state index in [4.69, 9.17) is 11.5 Å². The number of hydrogen-bond donors (Lipinski definition) is 3. The fourth-order valence-corrected chi connectivity index (χ4v) is 3.07. The molecule has 6 heteroatoms. The number of rotatable bonds is 6. The molecule has 0 aliphatic heterocycles. The maximum atomic E-state index is 10.9. The van der Waals surface area contributed by atoms with E-state index in [2.05, 4.69) is 4.99 Å². The van der Waals surface area contributed by atoms with Gasteiger partial charge in [-0.15, -0.1) is 0 Å². The number of primary amides is 1. The Labute approximate surface area is 109 Å². The topological polar surface area (TPSA) is 83.1 Å². The van der Waals surface area contributed by atoms with Crippen molar-refractivity contribution in [1.82, 2.24) is 0 Å². The normalized spacial score (nSPS) is 11.5. The quantitative estimate of drug-likeness (QED) is 0.294. The first-order valence-corrected chi connectivity index (χ1v) is 7.43. The predicted octanol–water partition coefficient (Wildman–Crippen LogP) is -0.0165. The van der Waals surface area contributed by atoms with Gasteiger partial charge in [-0.05, 0) is 24.3 Å². The number of amidine groups is 1. The lowest BCUT2D eigenvalue weighted by atomic mass is 10.2. The largest absolute Gasteiger partial charge is 0.366 e.